The van der Waals surface area contributed by atoms with E-state index in [1.54, 1.807) is 24.3 Å². The third-order valence-corrected chi connectivity index (χ3v) is 3.50. The Kier molecular flexibility index (Phi) is 3.51. The highest BCUT2D eigenvalue weighted by Gasteiger charge is 2.40. The SMILES string of the molecule is Cc1c(-c2nc3ccccc3o2)cc(C(F)(F)F)c(F)c1[N+](=O)[O-]. The highest BCUT2D eigenvalue weighted by Crippen LogP contribution is 2.41. The number of rotatable bonds is 2. The fraction of sp³-hybridized carbons (Fsp3) is 0.133. The van der Waals surface area contributed by atoms with E-state index in [1.807, 2.05) is 0 Å². The van der Waals surface area contributed by atoms with Crippen molar-refractivity contribution in [3.63, 3.8) is 0 Å². The van der Waals surface area contributed by atoms with Crippen LogP contribution in [0.2, 0.25) is 0 Å². The van der Waals surface area contributed by atoms with Crippen LogP contribution in [0.1, 0.15) is 11.1 Å². The quantitative estimate of drug-likeness (QED) is 0.379. The van der Waals surface area contributed by atoms with Crippen LogP contribution in [0.15, 0.2) is 34.7 Å². The lowest BCUT2D eigenvalue weighted by Gasteiger charge is -2.11. The van der Waals surface area contributed by atoms with Gasteiger partial charge >= 0.3 is 11.9 Å². The predicted molar refractivity (Wildman–Crippen MR) is 75.8 cm³/mol. The van der Waals surface area contributed by atoms with Gasteiger partial charge in [-0.15, -0.1) is 0 Å². The summed E-state index contributed by atoms with van der Waals surface area (Å²) in [5, 5.41) is 11.0. The summed E-state index contributed by atoms with van der Waals surface area (Å²) >= 11 is 0. The molecular formula is C15H8F4N2O3. The van der Waals surface area contributed by atoms with Gasteiger partial charge in [0.2, 0.25) is 11.7 Å². The standard InChI is InChI=1S/C15H8F4N2O3/c1-7-8(14-20-10-4-2-3-5-11(10)24-14)6-9(15(17,18)19)12(16)13(7)21(22)23/h2-6H,1H3. The van der Waals surface area contributed by atoms with Gasteiger partial charge in [-0.2, -0.15) is 17.6 Å². The molecule has 1 heterocycles. The minimum absolute atomic E-state index is 0.248. The Balaban J connectivity index is 2.35. The van der Waals surface area contributed by atoms with E-state index in [4.69, 9.17) is 4.42 Å². The summed E-state index contributed by atoms with van der Waals surface area (Å²) in [6.07, 6.45) is -5.09. The van der Waals surface area contributed by atoms with Gasteiger partial charge in [-0.05, 0) is 25.1 Å². The van der Waals surface area contributed by atoms with Crippen LogP contribution in [-0.2, 0) is 6.18 Å². The van der Waals surface area contributed by atoms with E-state index < -0.39 is 28.2 Å². The molecule has 24 heavy (non-hydrogen) atoms. The molecule has 0 aliphatic rings. The maximum Gasteiger partial charge on any atom is 0.419 e. The van der Waals surface area contributed by atoms with Crippen molar-refractivity contribution < 1.29 is 26.9 Å². The van der Waals surface area contributed by atoms with Crippen molar-refractivity contribution >= 4 is 16.8 Å². The van der Waals surface area contributed by atoms with Gasteiger partial charge in [0.1, 0.15) is 5.52 Å². The average Bonchev–Trinajstić information content (AvgIpc) is 2.89. The van der Waals surface area contributed by atoms with Gasteiger partial charge in [0.25, 0.3) is 0 Å². The molecule has 0 unspecified atom stereocenters. The zero-order valence-corrected chi connectivity index (χ0v) is 12.0. The molecule has 1 aromatic heterocycles. The van der Waals surface area contributed by atoms with Gasteiger partial charge in [0, 0.05) is 11.1 Å². The van der Waals surface area contributed by atoms with Crippen molar-refractivity contribution in [3.8, 4) is 11.5 Å². The van der Waals surface area contributed by atoms with Crippen molar-refractivity contribution in [1.82, 2.24) is 4.98 Å². The number of para-hydroxylation sites is 2. The predicted octanol–water partition coefficient (Wildman–Crippen LogP) is 4.87. The summed E-state index contributed by atoms with van der Waals surface area (Å²) in [5.41, 5.74) is -2.90. The van der Waals surface area contributed by atoms with Crippen LogP contribution in [0.5, 0.6) is 0 Å². The number of nitro groups is 1. The number of halogens is 4. The minimum Gasteiger partial charge on any atom is -0.436 e. The molecule has 0 radical (unpaired) electrons. The number of oxazole rings is 1. The number of nitrogens with zero attached hydrogens (tertiary/aromatic N) is 2. The van der Waals surface area contributed by atoms with Crippen LogP contribution < -0.4 is 0 Å². The molecule has 0 atom stereocenters. The lowest BCUT2D eigenvalue weighted by molar-refractivity contribution is -0.388. The van der Waals surface area contributed by atoms with Crippen LogP contribution in [0, 0.1) is 22.9 Å². The van der Waals surface area contributed by atoms with Gasteiger partial charge in [-0.25, -0.2) is 4.98 Å². The van der Waals surface area contributed by atoms with Crippen molar-refractivity contribution in [2.45, 2.75) is 13.1 Å². The van der Waals surface area contributed by atoms with E-state index in [0.717, 1.165) is 6.92 Å². The molecule has 0 aliphatic heterocycles. The van der Waals surface area contributed by atoms with Gasteiger partial charge in [-0.3, -0.25) is 10.1 Å². The first-order valence-electron chi connectivity index (χ1n) is 6.60. The Hall–Kier alpha value is -2.97. The molecule has 0 N–H and O–H groups in total. The summed E-state index contributed by atoms with van der Waals surface area (Å²) in [6.45, 7) is 1.14. The summed E-state index contributed by atoms with van der Waals surface area (Å²) < 4.78 is 58.4. The van der Waals surface area contributed by atoms with Crippen LogP contribution in [0.3, 0.4) is 0 Å². The normalized spacial score (nSPS) is 11.9. The van der Waals surface area contributed by atoms with Crippen molar-refractivity contribution in [1.29, 1.82) is 0 Å². The first kappa shape index (κ1) is 15.9. The summed E-state index contributed by atoms with van der Waals surface area (Å²) in [7, 11) is 0. The molecule has 124 valence electrons. The van der Waals surface area contributed by atoms with Crippen molar-refractivity contribution in [3.05, 3.63) is 57.4 Å². The molecule has 0 amide bonds. The summed E-state index contributed by atoms with van der Waals surface area (Å²) in [4.78, 5) is 13.9. The van der Waals surface area contributed by atoms with Gasteiger partial charge in [0.15, 0.2) is 5.58 Å². The fourth-order valence-electron chi connectivity index (χ4n) is 2.37. The molecule has 5 nitrogen and oxygen atoms in total. The van der Waals surface area contributed by atoms with E-state index in [-0.39, 0.29) is 17.0 Å². The van der Waals surface area contributed by atoms with Crippen molar-refractivity contribution in [2.75, 3.05) is 0 Å². The number of nitro benzene ring substituents is 1. The molecule has 3 aromatic rings. The molecule has 0 bridgehead atoms. The number of hydrogen-bond donors (Lipinski definition) is 0. The van der Waals surface area contributed by atoms with Gasteiger partial charge in [0.05, 0.1) is 10.5 Å². The number of benzene rings is 2. The maximum atomic E-state index is 14.0. The number of fused-ring (bicyclic) bond motifs is 1. The Labute approximate surface area is 131 Å². The van der Waals surface area contributed by atoms with E-state index in [2.05, 4.69) is 4.98 Å². The molecule has 9 heteroatoms. The summed E-state index contributed by atoms with van der Waals surface area (Å²) in [6, 6.07) is 6.88. The van der Waals surface area contributed by atoms with Crippen LogP contribution in [-0.4, -0.2) is 9.91 Å². The third kappa shape index (κ3) is 2.47. The van der Waals surface area contributed by atoms with Gasteiger partial charge < -0.3 is 4.42 Å². The molecular weight excluding hydrogens is 332 g/mol. The molecule has 2 aromatic carbocycles. The molecule has 0 fully saturated rings. The average molecular weight is 340 g/mol. The molecule has 0 saturated heterocycles. The molecule has 0 aliphatic carbocycles. The highest BCUT2D eigenvalue weighted by atomic mass is 19.4. The first-order chi connectivity index (χ1) is 11.2. The number of aromatic nitrogens is 1. The van der Waals surface area contributed by atoms with Crippen LogP contribution >= 0.6 is 0 Å². The summed E-state index contributed by atoms with van der Waals surface area (Å²) in [5.74, 6) is -2.17. The van der Waals surface area contributed by atoms with Crippen LogP contribution in [0.4, 0.5) is 23.2 Å². The molecule has 0 saturated carbocycles. The Morgan fingerprint density at radius 1 is 1.25 bits per heavy atom. The van der Waals surface area contributed by atoms with Crippen molar-refractivity contribution in [2.24, 2.45) is 0 Å². The monoisotopic (exact) mass is 340 g/mol. The zero-order chi connectivity index (χ0) is 17.6. The highest BCUT2D eigenvalue weighted by molar-refractivity contribution is 5.78. The number of hydrogen-bond acceptors (Lipinski definition) is 4. The Bertz CT molecular complexity index is 930. The van der Waals surface area contributed by atoms with E-state index in [0.29, 0.717) is 17.2 Å². The van der Waals surface area contributed by atoms with Crippen LogP contribution in [0.25, 0.3) is 22.6 Å². The molecule has 3 rings (SSSR count). The Morgan fingerprint density at radius 2 is 1.92 bits per heavy atom. The first-order valence-corrected chi connectivity index (χ1v) is 6.60. The maximum absolute atomic E-state index is 14.0. The van der Waals surface area contributed by atoms with E-state index >= 15 is 0 Å². The van der Waals surface area contributed by atoms with E-state index in [9.17, 15) is 27.7 Å². The topological polar surface area (TPSA) is 69.2 Å². The lowest BCUT2D eigenvalue weighted by Crippen LogP contribution is -2.12. The fourth-order valence-corrected chi connectivity index (χ4v) is 2.37. The third-order valence-electron chi connectivity index (χ3n) is 3.50. The second-order valence-corrected chi connectivity index (χ2v) is 5.00. The minimum atomic E-state index is -5.09. The lowest BCUT2D eigenvalue weighted by atomic mass is 10.0. The van der Waals surface area contributed by atoms with Gasteiger partial charge in [-0.1, -0.05) is 12.1 Å². The second kappa shape index (κ2) is 5.29. The largest absolute Gasteiger partial charge is 0.436 e. The molecule has 0 spiro atoms. The number of alkyl halides is 3. The van der Waals surface area contributed by atoms with E-state index in [1.165, 1.54) is 0 Å². The smallest absolute Gasteiger partial charge is 0.419 e. The zero-order valence-electron chi connectivity index (χ0n) is 12.0. The second-order valence-electron chi connectivity index (χ2n) is 5.00. The Morgan fingerprint density at radius 3 is 2.50 bits per heavy atom.